The standard InChI is InChI=1S/C26H27N3O3/c1-18-15-21(11-12-23(18)29-13-4-5-14-29)28-26(31)20-8-6-7-19(16-20)17-32-24-10-3-2-9-22(24)25(27)30/h2-3,6-12,15-16H,4-5,13-14,17H2,1H3,(H2,27,30)(H,28,31). The minimum Gasteiger partial charge on any atom is -0.488 e. The summed E-state index contributed by atoms with van der Waals surface area (Å²) >= 11 is 0. The summed E-state index contributed by atoms with van der Waals surface area (Å²) in [7, 11) is 0. The number of benzene rings is 3. The molecule has 2 amide bonds. The highest BCUT2D eigenvalue weighted by Crippen LogP contribution is 2.27. The van der Waals surface area contributed by atoms with E-state index in [1.807, 2.05) is 24.3 Å². The van der Waals surface area contributed by atoms with Crippen LogP contribution >= 0.6 is 0 Å². The molecule has 0 spiro atoms. The molecule has 3 aromatic rings. The first-order valence-electron chi connectivity index (χ1n) is 10.8. The Bertz CT molecular complexity index is 1140. The van der Waals surface area contributed by atoms with Gasteiger partial charge in [-0.3, -0.25) is 9.59 Å². The van der Waals surface area contributed by atoms with E-state index in [0.29, 0.717) is 16.9 Å². The summed E-state index contributed by atoms with van der Waals surface area (Å²) < 4.78 is 5.78. The molecule has 32 heavy (non-hydrogen) atoms. The van der Waals surface area contributed by atoms with E-state index in [1.54, 1.807) is 36.4 Å². The van der Waals surface area contributed by atoms with Crippen LogP contribution in [-0.2, 0) is 6.61 Å². The highest BCUT2D eigenvalue weighted by atomic mass is 16.5. The lowest BCUT2D eigenvalue weighted by Gasteiger charge is -2.20. The zero-order chi connectivity index (χ0) is 22.5. The van der Waals surface area contributed by atoms with Crippen LogP contribution in [0.4, 0.5) is 11.4 Å². The molecule has 0 bridgehead atoms. The Labute approximate surface area is 188 Å². The first kappa shape index (κ1) is 21.4. The van der Waals surface area contributed by atoms with Gasteiger partial charge in [0.2, 0.25) is 0 Å². The quantitative estimate of drug-likeness (QED) is 0.578. The van der Waals surface area contributed by atoms with Crippen molar-refractivity contribution in [2.75, 3.05) is 23.3 Å². The lowest BCUT2D eigenvalue weighted by molar-refractivity contribution is 0.0994. The molecule has 4 rings (SSSR count). The van der Waals surface area contributed by atoms with Gasteiger partial charge in [-0.25, -0.2) is 0 Å². The normalized spacial score (nSPS) is 13.1. The number of para-hydroxylation sites is 1. The summed E-state index contributed by atoms with van der Waals surface area (Å²) in [5.74, 6) is -0.305. The Hall–Kier alpha value is -3.80. The second-order valence-electron chi connectivity index (χ2n) is 8.00. The molecule has 0 aromatic heterocycles. The van der Waals surface area contributed by atoms with Crippen molar-refractivity contribution in [3.63, 3.8) is 0 Å². The van der Waals surface area contributed by atoms with Crippen molar-refractivity contribution >= 4 is 23.2 Å². The molecular weight excluding hydrogens is 402 g/mol. The molecule has 6 heteroatoms. The van der Waals surface area contributed by atoms with Crippen LogP contribution in [-0.4, -0.2) is 24.9 Å². The van der Waals surface area contributed by atoms with Crippen molar-refractivity contribution in [1.82, 2.24) is 0 Å². The molecule has 0 radical (unpaired) electrons. The van der Waals surface area contributed by atoms with E-state index in [2.05, 4.69) is 23.2 Å². The third kappa shape index (κ3) is 4.91. The van der Waals surface area contributed by atoms with Gasteiger partial charge >= 0.3 is 0 Å². The third-order valence-electron chi connectivity index (χ3n) is 5.64. The van der Waals surface area contributed by atoms with Crippen LogP contribution in [0.15, 0.2) is 66.7 Å². The molecular formula is C26H27N3O3. The lowest BCUT2D eigenvalue weighted by Crippen LogP contribution is -2.19. The van der Waals surface area contributed by atoms with E-state index < -0.39 is 5.91 Å². The Morgan fingerprint density at radius 3 is 2.53 bits per heavy atom. The first-order valence-corrected chi connectivity index (χ1v) is 10.8. The molecule has 3 aromatic carbocycles. The fraction of sp³-hybridized carbons (Fsp3) is 0.231. The molecule has 1 saturated heterocycles. The summed E-state index contributed by atoms with van der Waals surface area (Å²) in [6.07, 6.45) is 2.46. The minimum absolute atomic E-state index is 0.183. The number of carbonyl (C=O) groups is 2. The van der Waals surface area contributed by atoms with Gasteiger partial charge in [-0.2, -0.15) is 0 Å². The number of rotatable bonds is 7. The number of primary amides is 1. The van der Waals surface area contributed by atoms with E-state index >= 15 is 0 Å². The zero-order valence-electron chi connectivity index (χ0n) is 18.1. The Balaban J connectivity index is 1.42. The SMILES string of the molecule is Cc1cc(NC(=O)c2cccc(COc3ccccc3C(N)=O)c2)ccc1N1CCCC1. The average Bonchev–Trinajstić information content (AvgIpc) is 3.33. The summed E-state index contributed by atoms with van der Waals surface area (Å²) in [6, 6.07) is 20.1. The van der Waals surface area contributed by atoms with E-state index in [4.69, 9.17) is 10.5 Å². The third-order valence-corrected chi connectivity index (χ3v) is 5.64. The first-order chi connectivity index (χ1) is 15.5. The van der Waals surface area contributed by atoms with Crippen LogP contribution in [0.5, 0.6) is 5.75 Å². The zero-order valence-corrected chi connectivity index (χ0v) is 18.1. The number of hydrogen-bond donors (Lipinski definition) is 2. The topological polar surface area (TPSA) is 84.7 Å². The van der Waals surface area contributed by atoms with E-state index in [-0.39, 0.29) is 12.5 Å². The van der Waals surface area contributed by atoms with E-state index in [9.17, 15) is 9.59 Å². The van der Waals surface area contributed by atoms with Gasteiger partial charge in [0, 0.05) is 30.0 Å². The van der Waals surface area contributed by atoms with Crippen molar-refractivity contribution in [3.05, 3.63) is 89.0 Å². The number of nitrogens with one attached hydrogen (secondary N) is 1. The molecule has 0 unspecified atom stereocenters. The largest absolute Gasteiger partial charge is 0.488 e. The number of amides is 2. The molecule has 0 aliphatic carbocycles. The predicted molar refractivity (Wildman–Crippen MR) is 126 cm³/mol. The second kappa shape index (κ2) is 9.56. The molecule has 1 fully saturated rings. The van der Waals surface area contributed by atoms with Gasteiger partial charge < -0.3 is 20.7 Å². The highest BCUT2D eigenvalue weighted by Gasteiger charge is 2.15. The minimum atomic E-state index is -0.542. The summed E-state index contributed by atoms with van der Waals surface area (Å²) in [5.41, 5.74) is 10.2. The van der Waals surface area contributed by atoms with Gasteiger partial charge in [0.1, 0.15) is 12.4 Å². The maximum absolute atomic E-state index is 12.8. The Morgan fingerprint density at radius 2 is 1.78 bits per heavy atom. The summed E-state index contributed by atoms with van der Waals surface area (Å²) in [6.45, 7) is 4.47. The van der Waals surface area contributed by atoms with Crippen LogP contribution in [0, 0.1) is 6.92 Å². The highest BCUT2D eigenvalue weighted by molar-refractivity contribution is 6.04. The van der Waals surface area contributed by atoms with Gasteiger partial charge in [0.05, 0.1) is 5.56 Å². The molecule has 6 nitrogen and oxygen atoms in total. The van der Waals surface area contributed by atoms with Crippen LogP contribution in [0.25, 0.3) is 0 Å². The smallest absolute Gasteiger partial charge is 0.255 e. The number of anilines is 2. The van der Waals surface area contributed by atoms with Crippen molar-refractivity contribution in [2.45, 2.75) is 26.4 Å². The molecule has 0 atom stereocenters. The molecule has 1 aliphatic heterocycles. The predicted octanol–water partition coefficient (Wildman–Crippen LogP) is 4.53. The average molecular weight is 430 g/mol. The van der Waals surface area contributed by atoms with Gasteiger partial charge in [-0.1, -0.05) is 24.3 Å². The molecule has 1 aliphatic rings. The molecule has 3 N–H and O–H groups in total. The summed E-state index contributed by atoms with van der Waals surface area (Å²) in [5, 5.41) is 2.98. The Morgan fingerprint density at radius 1 is 1.00 bits per heavy atom. The van der Waals surface area contributed by atoms with Gasteiger partial charge in [0.25, 0.3) is 11.8 Å². The monoisotopic (exact) mass is 429 g/mol. The maximum atomic E-state index is 12.8. The van der Waals surface area contributed by atoms with Crippen LogP contribution < -0.4 is 20.7 Å². The van der Waals surface area contributed by atoms with E-state index in [0.717, 1.165) is 29.9 Å². The van der Waals surface area contributed by atoms with E-state index in [1.165, 1.54) is 18.5 Å². The van der Waals surface area contributed by atoms with Crippen molar-refractivity contribution in [2.24, 2.45) is 5.73 Å². The number of nitrogens with two attached hydrogens (primary N) is 1. The fourth-order valence-electron chi connectivity index (χ4n) is 4.01. The van der Waals surface area contributed by atoms with Crippen molar-refractivity contribution < 1.29 is 14.3 Å². The van der Waals surface area contributed by atoms with Crippen molar-refractivity contribution in [1.29, 1.82) is 0 Å². The number of ether oxygens (including phenoxy) is 1. The molecule has 1 heterocycles. The van der Waals surface area contributed by atoms with Crippen LogP contribution in [0.2, 0.25) is 0 Å². The number of nitrogens with zero attached hydrogens (tertiary/aromatic N) is 1. The number of carbonyl (C=O) groups excluding carboxylic acids is 2. The van der Waals surface area contributed by atoms with Gasteiger partial charge in [0.15, 0.2) is 0 Å². The number of aryl methyl sites for hydroxylation is 1. The Kier molecular flexibility index (Phi) is 6.40. The number of hydrogen-bond acceptors (Lipinski definition) is 4. The lowest BCUT2D eigenvalue weighted by atomic mass is 10.1. The van der Waals surface area contributed by atoms with Crippen molar-refractivity contribution in [3.8, 4) is 5.75 Å². The molecule has 0 saturated carbocycles. The van der Waals surface area contributed by atoms with Gasteiger partial charge in [-0.15, -0.1) is 0 Å². The summed E-state index contributed by atoms with van der Waals surface area (Å²) in [4.78, 5) is 26.8. The van der Waals surface area contributed by atoms with Gasteiger partial charge in [-0.05, 0) is 73.4 Å². The van der Waals surface area contributed by atoms with Crippen LogP contribution in [0.3, 0.4) is 0 Å². The second-order valence-corrected chi connectivity index (χ2v) is 8.00. The maximum Gasteiger partial charge on any atom is 0.255 e. The molecule has 164 valence electrons. The van der Waals surface area contributed by atoms with Crippen LogP contribution in [0.1, 0.15) is 44.7 Å². The fourth-order valence-corrected chi connectivity index (χ4v) is 4.01.